The summed E-state index contributed by atoms with van der Waals surface area (Å²) < 4.78 is 39.6. The molecule has 0 fully saturated rings. The van der Waals surface area contributed by atoms with Crippen molar-refractivity contribution in [2.75, 3.05) is 26.4 Å². The van der Waals surface area contributed by atoms with Crippen molar-refractivity contribution in [2.24, 2.45) is 0 Å². The zero-order valence-electron chi connectivity index (χ0n) is 50.4. The van der Waals surface area contributed by atoms with Crippen LogP contribution in [-0.4, -0.2) is 66.5 Å². The number of unbranched alkanes of at least 4 members (excludes halogenated alkanes) is 33. The first kappa shape index (κ1) is 75.2. The Morgan fingerprint density at radius 3 is 1.10 bits per heavy atom. The predicted molar refractivity (Wildman–Crippen MR) is 325 cm³/mol. The summed E-state index contributed by atoms with van der Waals surface area (Å²) in [6.07, 6.45) is 67.7. The standard InChI is InChI=1S/C66H119O11P/c1-4-7-10-13-16-19-22-25-27-29-31-33-35-38-40-43-46-49-52-55-64(68)73-59-63(77-66(70)57-54-51-48-45-42-39-36-34-32-30-28-26-23-20-17-14-11-8-5-2)61-75-78(71,72)74-60-62(58-67)76-65(69)56-53-50-47-44-41-37-24-21-18-15-12-9-6-3/h9,12,18,21,26,28,37,41,47,50,62-63,67H,4-8,10-11,13-17,19-20,22-25,27,29-36,38-40,42-46,48-49,51-61H2,1-3H3,(H,71,72)/b12-9-,21-18-,28-26-,41-37-,50-47-. The highest BCUT2D eigenvalue weighted by molar-refractivity contribution is 7.47. The zero-order chi connectivity index (χ0) is 56.9. The minimum absolute atomic E-state index is 0.0567. The first-order valence-electron chi connectivity index (χ1n) is 32.2. The van der Waals surface area contributed by atoms with E-state index in [9.17, 15) is 28.9 Å². The van der Waals surface area contributed by atoms with Crippen molar-refractivity contribution in [2.45, 2.75) is 315 Å². The van der Waals surface area contributed by atoms with Crippen LogP contribution in [0.4, 0.5) is 0 Å². The highest BCUT2D eigenvalue weighted by atomic mass is 31.2. The quantitative estimate of drug-likeness (QED) is 0.0197. The average Bonchev–Trinajstić information content (AvgIpc) is 3.43. The van der Waals surface area contributed by atoms with E-state index in [1.807, 2.05) is 12.2 Å². The van der Waals surface area contributed by atoms with E-state index >= 15 is 0 Å². The van der Waals surface area contributed by atoms with E-state index in [4.69, 9.17) is 23.3 Å². The molecule has 0 aromatic heterocycles. The van der Waals surface area contributed by atoms with Crippen LogP contribution in [-0.2, 0) is 42.2 Å². The SMILES string of the molecule is CC/C=C\C/C=C\C/C=C\C/C=C\CCC(=O)OC(CO)COP(=O)(O)OCC(COC(=O)CCCCCCCCCCCCCCCCCCCCC)OC(=O)CCCCCCCCCCC/C=C\CCCCCCCC. The molecule has 0 aliphatic carbocycles. The molecule has 0 aromatic rings. The first-order chi connectivity index (χ1) is 38.2. The third-order valence-corrected chi connectivity index (χ3v) is 14.9. The van der Waals surface area contributed by atoms with Crippen LogP contribution in [0.1, 0.15) is 303 Å². The van der Waals surface area contributed by atoms with Gasteiger partial charge in [0.25, 0.3) is 0 Å². The number of carbonyl (C=O) groups is 3. The molecule has 0 saturated heterocycles. The smallest absolute Gasteiger partial charge is 0.462 e. The molecule has 0 heterocycles. The fraction of sp³-hybridized carbons (Fsp3) is 0.803. The summed E-state index contributed by atoms with van der Waals surface area (Å²) in [7, 11) is -4.77. The normalized spacial score (nSPS) is 13.7. The molecule has 0 aliphatic rings. The highest BCUT2D eigenvalue weighted by Gasteiger charge is 2.28. The fourth-order valence-electron chi connectivity index (χ4n) is 9.07. The van der Waals surface area contributed by atoms with E-state index in [1.165, 1.54) is 180 Å². The van der Waals surface area contributed by atoms with Crippen LogP contribution in [0.25, 0.3) is 0 Å². The van der Waals surface area contributed by atoms with E-state index < -0.39 is 57.8 Å². The van der Waals surface area contributed by atoms with Gasteiger partial charge in [0, 0.05) is 19.3 Å². The summed E-state index contributed by atoms with van der Waals surface area (Å²) in [4.78, 5) is 48.7. The Hall–Kier alpha value is -2.82. The third-order valence-electron chi connectivity index (χ3n) is 13.9. The van der Waals surface area contributed by atoms with Crippen molar-refractivity contribution >= 4 is 25.7 Å². The summed E-state index contributed by atoms with van der Waals surface area (Å²) in [5.74, 6) is -1.53. The van der Waals surface area contributed by atoms with Crippen molar-refractivity contribution in [3.8, 4) is 0 Å². The number of hydrogen-bond acceptors (Lipinski definition) is 10. The van der Waals surface area contributed by atoms with Gasteiger partial charge in [0.05, 0.1) is 19.8 Å². The zero-order valence-corrected chi connectivity index (χ0v) is 51.3. The molecule has 3 atom stereocenters. The van der Waals surface area contributed by atoms with Gasteiger partial charge in [-0.15, -0.1) is 0 Å². The Morgan fingerprint density at radius 1 is 0.372 bits per heavy atom. The second-order valence-corrected chi connectivity index (χ2v) is 23.0. The third kappa shape index (κ3) is 57.9. The molecule has 0 spiro atoms. The van der Waals surface area contributed by atoms with Gasteiger partial charge in [-0.25, -0.2) is 4.57 Å². The van der Waals surface area contributed by atoms with Gasteiger partial charge in [-0.1, -0.05) is 274 Å². The Labute approximate surface area is 478 Å². The molecule has 0 aromatic carbocycles. The molecule has 0 amide bonds. The number of allylic oxidation sites excluding steroid dienone is 10. The maximum absolute atomic E-state index is 13.0. The second-order valence-electron chi connectivity index (χ2n) is 21.6. The largest absolute Gasteiger partial charge is 0.472 e. The number of ether oxygens (including phenoxy) is 3. The van der Waals surface area contributed by atoms with Gasteiger partial charge in [-0.3, -0.25) is 23.4 Å². The number of carbonyl (C=O) groups excluding carboxylic acids is 3. The Kier molecular flexibility index (Phi) is 58.1. The van der Waals surface area contributed by atoms with Crippen LogP contribution >= 0.6 is 7.82 Å². The maximum Gasteiger partial charge on any atom is 0.472 e. The molecule has 0 saturated carbocycles. The lowest BCUT2D eigenvalue weighted by atomic mass is 10.0. The van der Waals surface area contributed by atoms with Crippen LogP contribution in [0.3, 0.4) is 0 Å². The summed E-state index contributed by atoms with van der Waals surface area (Å²) in [6, 6.07) is 0. The minimum Gasteiger partial charge on any atom is -0.462 e. The number of aliphatic hydroxyl groups excluding tert-OH is 1. The van der Waals surface area contributed by atoms with Crippen LogP contribution in [0.15, 0.2) is 60.8 Å². The van der Waals surface area contributed by atoms with Gasteiger partial charge in [0.2, 0.25) is 0 Å². The van der Waals surface area contributed by atoms with Gasteiger partial charge in [-0.05, 0) is 70.6 Å². The summed E-state index contributed by atoms with van der Waals surface area (Å²) in [5.41, 5.74) is 0. The van der Waals surface area contributed by atoms with Crippen molar-refractivity contribution < 1.29 is 52.2 Å². The molecular formula is C66H119O11P. The van der Waals surface area contributed by atoms with E-state index in [2.05, 4.69) is 69.4 Å². The molecule has 78 heavy (non-hydrogen) atoms. The van der Waals surface area contributed by atoms with Crippen LogP contribution in [0, 0.1) is 0 Å². The molecule has 2 N–H and O–H groups in total. The van der Waals surface area contributed by atoms with Gasteiger partial charge < -0.3 is 24.2 Å². The van der Waals surface area contributed by atoms with Gasteiger partial charge in [0.1, 0.15) is 12.7 Å². The van der Waals surface area contributed by atoms with E-state index in [1.54, 1.807) is 0 Å². The predicted octanol–water partition coefficient (Wildman–Crippen LogP) is 19.5. The number of hydrogen-bond donors (Lipinski definition) is 2. The molecule has 0 radical (unpaired) electrons. The Bertz CT molecular complexity index is 1540. The van der Waals surface area contributed by atoms with Gasteiger partial charge >= 0.3 is 25.7 Å². The van der Waals surface area contributed by atoms with Crippen molar-refractivity contribution in [3.63, 3.8) is 0 Å². The molecule has 0 bridgehead atoms. The van der Waals surface area contributed by atoms with Gasteiger partial charge in [-0.2, -0.15) is 0 Å². The summed E-state index contributed by atoms with van der Waals surface area (Å²) >= 11 is 0. The van der Waals surface area contributed by atoms with E-state index in [-0.39, 0.29) is 25.9 Å². The fourth-order valence-corrected chi connectivity index (χ4v) is 9.86. The molecule has 11 nitrogen and oxygen atoms in total. The van der Waals surface area contributed by atoms with E-state index in [0.717, 1.165) is 64.2 Å². The average molecular weight is 1120 g/mol. The second kappa shape index (κ2) is 60.3. The Balaban J connectivity index is 4.71. The van der Waals surface area contributed by atoms with Crippen LogP contribution < -0.4 is 0 Å². The molecule has 0 aliphatic heterocycles. The molecular weight excluding hydrogens is 1000 g/mol. The lowest BCUT2D eigenvalue weighted by molar-refractivity contribution is -0.161. The maximum atomic E-state index is 13.0. The number of phosphoric acid groups is 1. The van der Waals surface area contributed by atoms with E-state index in [0.29, 0.717) is 19.3 Å². The first-order valence-corrected chi connectivity index (χ1v) is 33.7. The lowest BCUT2D eigenvalue weighted by Crippen LogP contribution is -2.30. The molecule has 454 valence electrons. The molecule has 3 unspecified atom stereocenters. The van der Waals surface area contributed by atoms with Gasteiger partial charge in [0.15, 0.2) is 6.10 Å². The molecule has 12 heteroatoms. The van der Waals surface area contributed by atoms with Crippen molar-refractivity contribution in [1.82, 2.24) is 0 Å². The lowest BCUT2D eigenvalue weighted by Gasteiger charge is -2.21. The Morgan fingerprint density at radius 2 is 0.692 bits per heavy atom. The van der Waals surface area contributed by atoms with Crippen molar-refractivity contribution in [1.29, 1.82) is 0 Å². The number of esters is 3. The minimum atomic E-state index is -4.77. The number of rotatable bonds is 60. The van der Waals surface area contributed by atoms with Crippen molar-refractivity contribution in [3.05, 3.63) is 60.8 Å². The summed E-state index contributed by atoms with van der Waals surface area (Å²) in [5, 5.41) is 9.81. The highest BCUT2D eigenvalue weighted by Crippen LogP contribution is 2.43. The number of aliphatic hydroxyl groups is 1. The number of phosphoric ester groups is 1. The topological polar surface area (TPSA) is 155 Å². The molecule has 0 rings (SSSR count). The summed E-state index contributed by atoms with van der Waals surface area (Å²) in [6.45, 7) is 4.50. The van der Waals surface area contributed by atoms with Crippen LogP contribution in [0.2, 0.25) is 0 Å². The monoisotopic (exact) mass is 1120 g/mol. The van der Waals surface area contributed by atoms with Crippen LogP contribution in [0.5, 0.6) is 0 Å².